The highest BCUT2D eigenvalue weighted by Crippen LogP contribution is 2.19. The van der Waals surface area contributed by atoms with E-state index in [1.54, 1.807) is 30.5 Å². The molecule has 0 unspecified atom stereocenters. The highest BCUT2D eigenvalue weighted by molar-refractivity contribution is 5.98. The summed E-state index contributed by atoms with van der Waals surface area (Å²) in [5.41, 5.74) is 3.12. The zero-order chi connectivity index (χ0) is 27.6. The van der Waals surface area contributed by atoms with Crippen LogP contribution >= 0.6 is 0 Å². The molecule has 3 aromatic carbocycles. The molecule has 0 saturated carbocycles. The van der Waals surface area contributed by atoms with E-state index in [0.29, 0.717) is 12.0 Å². The Balaban J connectivity index is 1.40. The fraction of sp³-hybridized carbons (Fsp3) is 0.226. The van der Waals surface area contributed by atoms with E-state index in [9.17, 15) is 19.2 Å². The topological polar surface area (TPSA) is 117 Å². The summed E-state index contributed by atoms with van der Waals surface area (Å²) in [6.45, 7) is 0. The maximum absolute atomic E-state index is 13.2. The van der Waals surface area contributed by atoms with Gasteiger partial charge in [-0.3, -0.25) is 14.4 Å². The number of para-hydroxylation sites is 1. The Kier molecular flexibility index (Phi) is 9.24. The molecule has 2 amide bonds. The second-order valence-electron chi connectivity index (χ2n) is 9.25. The molecule has 2 atom stereocenters. The molecule has 8 nitrogen and oxygen atoms in total. The van der Waals surface area contributed by atoms with Crippen LogP contribution in [0, 0.1) is 0 Å². The maximum atomic E-state index is 13.2. The van der Waals surface area contributed by atoms with Crippen molar-refractivity contribution < 1.29 is 23.9 Å². The highest BCUT2D eigenvalue weighted by Gasteiger charge is 2.26. The number of fused-ring (bicyclic) bond motifs is 1. The fourth-order valence-electron chi connectivity index (χ4n) is 4.46. The number of ether oxygens (including phenoxy) is 1. The van der Waals surface area contributed by atoms with Crippen molar-refractivity contribution in [1.82, 2.24) is 15.6 Å². The molecule has 0 fully saturated rings. The summed E-state index contributed by atoms with van der Waals surface area (Å²) < 4.78 is 4.91. The van der Waals surface area contributed by atoms with Crippen LogP contribution in [-0.2, 0) is 32.0 Å². The van der Waals surface area contributed by atoms with Crippen LogP contribution in [0.2, 0.25) is 0 Å². The largest absolute Gasteiger partial charge is 0.467 e. The van der Waals surface area contributed by atoms with E-state index < -0.39 is 24.0 Å². The van der Waals surface area contributed by atoms with E-state index in [4.69, 9.17) is 4.74 Å². The lowest BCUT2D eigenvalue weighted by atomic mass is 9.98. The summed E-state index contributed by atoms with van der Waals surface area (Å²) >= 11 is 0. The van der Waals surface area contributed by atoms with Gasteiger partial charge in [0, 0.05) is 41.9 Å². The molecule has 0 saturated heterocycles. The van der Waals surface area contributed by atoms with Crippen LogP contribution in [0.25, 0.3) is 10.9 Å². The van der Waals surface area contributed by atoms with E-state index in [1.165, 1.54) is 7.11 Å². The van der Waals surface area contributed by atoms with Crippen LogP contribution in [0.3, 0.4) is 0 Å². The van der Waals surface area contributed by atoms with E-state index in [1.807, 2.05) is 60.7 Å². The van der Waals surface area contributed by atoms with Gasteiger partial charge >= 0.3 is 5.97 Å². The van der Waals surface area contributed by atoms with E-state index in [0.717, 1.165) is 22.0 Å². The Hall–Kier alpha value is -4.72. The van der Waals surface area contributed by atoms with Gasteiger partial charge in [0.15, 0.2) is 5.78 Å². The third-order valence-corrected chi connectivity index (χ3v) is 6.53. The number of carbonyl (C=O) groups is 4. The molecule has 0 aliphatic heterocycles. The van der Waals surface area contributed by atoms with Gasteiger partial charge in [-0.2, -0.15) is 0 Å². The zero-order valence-electron chi connectivity index (χ0n) is 21.7. The van der Waals surface area contributed by atoms with Gasteiger partial charge in [-0.15, -0.1) is 0 Å². The molecule has 8 heteroatoms. The second-order valence-corrected chi connectivity index (χ2v) is 9.25. The molecule has 0 bridgehead atoms. The second kappa shape index (κ2) is 13.2. The fourth-order valence-corrected chi connectivity index (χ4v) is 4.46. The Morgan fingerprint density at radius 2 is 1.44 bits per heavy atom. The molecule has 0 radical (unpaired) electrons. The van der Waals surface area contributed by atoms with Gasteiger partial charge in [0.2, 0.25) is 5.91 Å². The Labute approximate surface area is 226 Å². The summed E-state index contributed by atoms with van der Waals surface area (Å²) in [7, 11) is 1.27. The SMILES string of the molecule is COC(=O)[C@H](Cc1c[nH]c2ccccc12)NC(=O)CCC(=O)[C@H](Cc1ccccc1)NC(=O)c1ccccc1. The predicted molar refractivity (Wildman–Crippen MR) is 148 cm³/mol. The molecular formula is C31H31N3O5. The lowest BCUT2D eigenvalue weighted by molar-refractivity contribution is -0.145. The summed E-state index contributed by atoms with van der Waals surface area (Å²) in [5.74, 6) is -1.66. The van der Waals surface area contributed by atoms with Gasteiger partial charge < -0.3 is 20.4 Å². The molecular weight excluding hydrogens is 494 g/mol. The van der Waals surface area contributed by atoms with Gasteiger partial charge in [0.1, 0.15) is 6.04 Å². The number of Topliss-reactive ketones (excluding diaryl/α,β-unsaturated/α-hetero) is 1. The van der Waals surface area contributed by atoms with Gasteiger partial charge in [0.25, 0.3) is 5.91 Å². The van der Waals surface area contributed by atoms with Crippen LogP contribution in [-0.4, -0.2) is 47.7 Å². The highest BCUT2D eigenvalue weighted by atomic mass is 16.5. The van der Waals surface area contributed by atoms with Crippen molar-refractivity contribution in [3.05, 3.63) is 108 Å². The van der Waals surface area contributed by atoms with Crippen LogP contribution in [0.4, 0.5) is 0 Å². The third kappa shape index (κ3) is 7.41. The number of carbonyl (C=O) groups excluding carboxylic acids is 4. The molecule has 39 heavy (non-hydrogen) atoms. The van der Waals surface area contributed by atoms with Crippen LogP contribution < -0.4 is 10.6 Å². The van der Waals surface area contributed by atoms with Crippen molar-refractivity contribution in [2.24, 2.45) is 0 Å². The van der Waals surface area contributed by atoms with Crippen molar-refractivity contribution in [2.75, 3.05) is 7.11 Å². The van der Waals surface area contributed by atoms with E-state index >= 15 is 0 Å². The minimum Gasteiger partial charge on any atom is -0.467 e. The zero-order valence-corrected chi connectivity index (χ0v) is 21.7. The smallest absolute Gasteiger partial charge is 0.328 e. The number of hydrogen-bond donors (Lipinski definition) is 3. The molecule has 200 valence electrons. The predicted octanol–water partition coefficient (Wildman–Crippen LogP) is 3.76. The van der Waals surface area contributed by atoms with Gasteiger partial charge in [-0.25, -0.2) is 4.79 Å². The number of esters is 1. The molecule has 0 aliphatic rings. The van der Waals surface area contributed by atoms with Crippen molar-refractivity contribution in [2.45, 2.75) is 37.8 Å². The average Bonchev–Trinajstić information content (AvgIpc) is 3.38. The minimum atomic E-state index is -0.908. The van der Waals surface area contributed by atoms with Crippen molar-refractivity contribution in [3.8, 4) is 0 Å². The van der Waals surface area contributed by atoms with Gasteiger partial charge in [0.05, 0.1) is 13.2 Å². The van der Waals surface area contributed by atoms with Gasteiger partial charge in [-0.1, -0.05) is 66.7 Å². The number of nitrogens with one attached hydrogen (secondary N) is 3. The summed E-state index contributed by atoms with van der Waals surface area (Å²) in [6, 6.07) is 24.0. The Bertz CT molecular complexity index is 1430. The molecule has 0 spiro atoms. The van der Waals surface area contributed by atoms with Crippen LogP contribution in [0.15, 0.2) is 91.1 Å². The van der Waals surface area contributed by atoms with Crippen molar-refractivity contribution in [3.63, 3.8) is 0 Å². The first-order valence-electron chi connectivity index (χ1n) is 12.8. The lowest BCUT2D eigenvalue weighted by Gasteiger charge is -2.19. The monoisotopic (exact) mass is 525 g/mol. The molecule has 1 aromatic heterocycles. The van der Waals surface area contributed by atoms with Crippen molar-refractivity contribution >= 4 is 34.5 Å². The Morgan fingerprint density at radius 3 is 2.15 bits per heavy atom. The standard InChI is InChI=1S/C31H31N3O5/c1-39-31(38)27(19-23-20-32-25-15-9-8-14-24(23)25)33-29(36)17-16-28(35)26(18-21-10-4-2-5-11-21)34-30(37)22-12-6-3-7-13-22/h2-15,20,26-27,32H,16-19H2,1H3,(H,33,36)(H,34,37)/t26-,27-/m0/s1. The number of methoxy groups -OCH3 is 1. The number of ketones is 1. The molecule has 3 N–H and O–H groups in total. The summed E-state index contributed by atoms with van der Waals surface area (Å²) in [4.78, 5) is 54.4. The normalized spacial score (nSPS) is 12.3. The first kappa shape index (κ1) is 27.3. The number of hydrogen-bond acceptors (Lipinski definition) is 5. The number of rotatable bonds is 12. The van der Waals surface area contributed by atoms with Gasteiger partial charge in [-0.05, 0) is 35.7 Å². The quantitative estimate of drug-likeness (QED) is 0.244. The van der Waals surface area contributed by atoms with Crippen molar-refractivity contribution in [1.29, 1.82) is 0 Å². The number of aromatic nitrogens is 1. The molecule has 0 aliphatic carbocycles. The minimum absolute atomic E-state index is 0.0978. The Morgan fingerprint density at radius 1 is 0.769 bits per heavy atom. The van der Waals surface area contributed by atoms with E-state index in [2.05, 4.69) is 15.6 Å². The van der Waals surface area contributed by atoms with Crippen LogP contribution in [0.1, 0.15) is 34.3 Å². The maximum Gasteiger partial charge on any atom is 0.328 e. The lowest BCUT2D eigenvalue weighted by Crippen LogP contribution is -2.44. The first-order valence-corrected chi connectivity index (χ1v) is 12.8. The molecule has 4 rings (SSSR count). The average molecular weight is 526 g/mol. The molecule has 1 heterocycles. The van der Waals surface area contributed by atoms with Crippen LogP contribution in [0.5, 0.6) is 0 Å². The number of aromatic amines is 1. The number of H-pyrrole nitrogens is 1. The summed E-state index contributed by atoms with van der Waals surface area (Å²) in [6.07, 6.45) is 2.11. The first-order chi connectivity index (χ1) is 18.9. The summed E-state index contributed by atoms with van der Waals surface area (Å²) in [5, 5.41) is 6.49. The third-order valence-electron chi connectivity index (χ3n) is 6.53. The molecule has 4 aromatic rings. The van der Waals surface area contributed by atoms with E-state index in [-0.39, 0.29) is 31.0 Å². The number of amides is 2. The number of benzene rings is 3.